The Balaban J connectivity index is 1.05. The Bertz CT molecular complexity index is 2310. The molecule has 1 fully saturated rings. The maximum atomic E-state index is 13.4. The Morgan fingerprint density at radius 3 is 2.17 bits per heavy atom. The van der Waals surface area contributed by atoms with Crippen molar-refractivity contribution in [2.45, 2.75) is 68.3 Å². The SMILES string of the molecule is CC(C)(C)[Si](C)(C)O[C@H](CNCc1ccc(S(=O)(=O)CNCCN2CC[C@@H](C(C(N)=O)(c3ccccc3)c3ccccc3)C2)cc1)c1ccc(O)c2[nH]c(=O)ccc12. The summed E-state index contributed by atoms with van der Waals surface area (Å²) in [4.78, 5) is 30.8. The number of aromatic hydroxyl groups is 1. The van der Waals surface area contributed by atoms with Gasteiger partial charge in [0, 0.05) is 44.2 Å². The molecule has 308 valence electrons. The Kier molecular flexibility index (Phi) is 13.1. The summed E-state index contributed by atoms with van der Waals surface area (Å²) >= 11 is 0. The van der Waals surface area contributed by atoms with Crippen molar-refractivity contribution >= 4 is 35.0 Å². The Hall–Kier alpha value is -4.63. The van der Waals surface area contributed by atoms with E-state index in [4.69, 9.17) is 10.2 Å². The van der Waals surface area contributed by atoms with Crippen LogP contribution >= 0.6 is 0 Å². The van der Waals surface area contributed by atoms with Gasteiger partial charge in [0.05, 0.1) is 16.5 Å². The number of carbonyl (C=O) groups excluding carboxylic acids is 1. The van der Waals surface area contributed by atoms with Gasteiger partial charge in [-0.05, 0) is 83.5 Å². The molecule has 0 radical (unpaired) electrons. The highest BCUT2D eigenvalue weighted by atomic mass is 32.2. The molecule has 0 aliphatic carbocycles. The first-order chi connectivity index (χ1) is 27.5. The normalized spacial score (nSPS) is 16.1. The third kappa shape index (κ3) is 9.30. The average Bonchev–Trinajstić information content (AvgIpc) is 3.66. The summed E-state index contributed by atoms with van der Waals surface area (Å²) in [5, 5.41) is 17.8. The number of carbonyl (C=O) groups is 1. The van der Waals surface area contributed by atoms with Gasteiger partial charge in [-0.25, -0.2) is 8.42 Å². The number of nitrogens with two attached hydrogens (primary N) is 1. The topological polar surface area (TPSA) is 167 Å². The van der Waals surface area contributed by atoms with E-state index in [1.807, 2.05) is 78.9 Å². The number of sulfone groups is 1. The van der Waals surface area contributed by atoms with E-state index in [2.05, 4.69) is 54.4 Å². The second-order valence-corrected chi connectivity index (χ2v) is 23.6. The number of phenols is 1. The fraction of sp³-hybridized carbons (Fsp3) is 0.378. The smallest absolute Gasteiger partial charge is 0.248 e. The molecule has 1 aliphatic rings. The number of H-pyrrole nitrogens is 1. The number of amides is 1. The molecule has 0 unspecified atom stereocenters. The number of benzene rings is 4. The Morgan fingerprint density at radius 2 is 1.57 bits per heavy atom. The first kappa shape index (κ1) is 43.0. The lowest BCUT2D eigenvalue weighted by Crippen LogP contribution is -2.49. The van der Waals surface area contributed by atoms with Gasteiger partial charge in [-0.1, -0.05) is 99.6 Å². The lowest BCUT2D eigenvalue weighted by Gasteiger charge is -2.39. The molecular formula is C45H57N5O6SSi. The van der Waals surface area contributed by atoms with Crippen molar-refractivity contribution in [3.05, 3.63) is 142 Å². The number of phenolic OH excluding ortho intramolecular Hbond substituents is 1. The molecule has 5 aromatic rings. The van der Waals surface area contributed by atoms with Gasteiger partial charge in [-0.15, -0.1) is 0 Å². The van der Waals surface area contributed by atoms with Crippen LogP contribution in [0.5, 0.6) is 5.75 Å². The van der Waals surface area contributed by atoms with Crippen LogP contribution in [0.4, 0.5) is 0 Å². The van der Waals surface area contributed by atoms with E-state index in [1.165, 1.54) is 6.07 Å². The number of hydrogen-bond acceptors (Lipinski definition) is 9. The first-order valence-corrected chi connectivity index (χ1v) is 24.5. The van der Waals surface area contributed by atoms with Gasteiger partial charge in [0.1, 0.15) is 17.0 Å². The van der Waals surface area contributed by atoms with Crippen molar-refractivity contribution < 1.29 is 22.7 Å². The highest BCUT2D eigenvalue weighted by Crippen LogP contribution is 2.44. The molecule has 1 aliphatic heterocycles. The monoisotopic (exact) mass is 823 g/mol. The molecule has 4 aromatic carbocycles. The third-order valence-electron chi connectivity index (χ3n) is 12.1. The van der Waals surface area contributed by atoms with Crippen LogP contribution in [0.1, 0.15) is 55.5 Å². The molecule has 0 bridgehead atoms. The fourth-order valence-corrected chi connectivity index (χ4v) is 10.3. The predicted molar refractivity (Wildman–Crippen MR) is 233 cm³/mol. The molecule has 6 N–H and O–H groups in total. The van der Waals surface area contributed by atoms with Crippen molar-refractivity contribution in [3.8, 4) is 5.75 Å². The van der Waals surface area contributed by atoms with Gasteiger partial charge in [0.2, 0.25) is 11.5 Å². The average molecular weight is 824 g/mol. The molecule has 6 rings (SSSR count). The third-order valence-corrected chi connectivity index (χ3v) is 18.1. The molecule has 0 spiro atoms. The number of rotatable bonds is 17. The number of primary amides is 1. The highest BCUT2D eigenvalue weighted by Gasteiger charge is 2.49. The maximum absolute atomic E-state index is 13.4. The van der Waals surface area contributed by atoms with Crippen LogP contribution in [0.15, 0.2) is 119 Å². The lowest BCUT2D eigenvalue weighted by molar-refractivity contribution is -0.123. The number of likely N-dealkylation sites (tertiary alicyclic amines) is 1. The predicted octanol–water partition coefficient (Wildman–Crippen LogP) is 6.20. The van der Waals surface area contributed by atoms with Crippen LogP contribution in [0.3, 0.4) is 0 Å². The minimum absolute atomic E-state index is 0.00300. The maximum Gasteiger partial charge on any atom is 0.248 e. The van der Waals surface area contributed by atoms with Crippen molar-refractivity contribution in [1.82, 2.24) is 20.5 Å². The highest BCUT2D eigenvalue weighted by molar-refractivity contribution is 7.91. The molecule has 0 saturated carbocycles. The number of nitrogens with zero attached hydrogens (tertiary/aromatic N) is 1. The van der Waals surface area contributed by atoms with E-state index < -0.39 is 23.6 Å². The first-order valence-electron chi connectivity index (χ1n) is 19.9. The molecule has 1 saturated heterocycles. The van der Waals surface area contributed by atoms with Crippen LogP contribution in [-0.2, 0) is 31.0 Å². The lowest BCUT2D eigenvalue weighted by atomic mass is 9.64. The van der Waals surface area contributed by atoms with Gasteiger partial charge >= 0.3 is 0 Å². The summed E-state index contributed by atoms with van der Waals surface area (Å²) in [6.07, 6.45) is 0.414. The molecule has 1 amide bonds. The van der Waals surface area contributed by atoms with E-state index in [0.29, 0.717) is 43.6 Å². The standard InChI is InChI=1S/C45H57N5O6SSi/c1-44(2,3)58(4,5)56-40(37-20-22-39(51)42-38(37)21-23-41(52)49-42)29-48-28-32-16-18-36(19-17-32)57(54,55)31-47-25-27-50-26-24-35(30-50)45(43(46)53,33-12-8-6-9-13-33)34-14-10-7-11-15-34/h6-23,35,40,47-48,51H,24-31H2,1-5H3,(H2,46,53)(H,49,52)/t35-,40-/m1/s1. The van der Waals surface area contributed by atoms with E-state index in [9.17, 15) is 23.1 Å². The number of aromatic amines is 1. The van der Waals surface area contributed by atoms with Crippen LogP contribution in [0.2, 0.25) is 18.1 Å². The quantitative estimate of drug-likeness (QED) is 0.0542. The number of nitrogens with one attached hydrogen (secondary N) is 3. The minimum atomic E-state index is -3.59. The summed E-state index contributed by atoms with van der Waals surface area (Å²) in [6.45, 7) is 14.4. The zero-order valence-corrected chi connectivity index (χ0v) is 35.9. The van der Waals surface area contributed by atoms with E-state index in [1.54, 1.807) is 24.3 Å². The second kappa shape index (κ2) is 17.7. The summed E-state index contributed by atoms with van der Waals surface area (Å²) in [7, 11) is -5.84. The molecule has 13 heteroatoms. The van der Waals surface area contributed by atoms with Crippen molar-refractivity contribution in [2.24, 2.45) is 11.7 Å². The minimum Gasteiger partial charge on any atom is -0.506 e. The number of pyridine rings is 1. The van der Waals surface area contributed by atoms with Crippen LogP contribution in [-0.4, -0.2) is 76.2 Å². The summed E-state index contributed by atoms with van der Waals surface area (Å²) in [6, 6.07) is 33.0. The van der Waals surface area contributed by atoms with Crippen LogP contribution < -0.4 is 21.9 Å². The molecule has 2 atom stereocenters. The Morgan fingerprint density at radius 1 is 0.931 bits per heavy atom. The summed E-state index contributed by atoms with van der Waals surface area (Å²) in [5.41, 5.74) is 8.90. The van der Waals surface area contributed by atoms with Crippen LogP contribution in [0, 0.1) is 5.92 Å². The van der Waals surface area contributed by atoms with Gasteiger partial charge in [0.25, 0.3) is 0 Å². The fourth-order valence-electron chi connectivity index (χ4n) is 7.89. The number of hydrogen-bond donors (Lipinski definition) is 5. The van der Waals surface area contributed by atoms with Gasteiger partial charge in [-0.3, -0.25) is 9.59 Å². The van der Waals surface area contributed by atoms with E-state index in [-0.39, 0.29) is 45.0 Å². The molecule has 58 heavy (non-hydrogen) atoms. The second-order valence-electron chi connectivity index (χ2n) is 16.9. The van der Waals surface area contributed by atoms with E-state index >= 15 is 0 Å². The van der Waals surface area contributed by atoms with Crippen molar-refractivity contribution in [1.29, 1.82) is 0 Å². The summed E-state index contributed by atoms with van der Waals surface area (Å²) < 4.78 is 33.6. The largest absolute Gasteiger partial charge is 0.506 e. The van der Waals surface area contributed by atoms with Crippen molar-refractivity contribution in [3.63, 3.8) is 0 Å². The van der Waals surface area contributed by atoms with Gasteiger partial charge in [0.15, 0.2) is 18.2 Å². The molecule has 2 heterocycles. The zero-order valence-electron chi connectivity index (χ0n) is 34.1. The zero-order chi connectivity index (χ0) is 41.7. The van der Waals surface area contributed by atoms with Crippen molar-refractivity contribution in [2.75, 3.05) is 38.6 Å². The Labute approximate surface area is 343 Å². The van der Waals surface area contributed by atoms with Gasteiger partial charge in [-0.2, -0.15) is 0 Å². The molecule has 1 aromatic heterocycles. The van der Waals surface area contributed by atoms with Gasteiger partial charge < -0.3 is 35.8 Å². The van der Waals surface area contributed by atoms with Crippen LogP contribution in [0.25, 0.3) is 10.9 Å². The summed E-state index contributed by atoms with van der Waals surface area (Å²) in [5.74, 6) is -0.609. The number of fused-ring (bicyclic) bond motifs is 1. The van der Waals surface area contributed by atoms with E-state index in [0.717, 1.165) is 35.2 Å². The number of aromatic nitrogens is 1. The molecular weight excluding hydrogens is 767 g/mol. The molecule has 11 nitrogen and oxygen atoms in total.